The lowest BCUT2D eigenvalue weighted by atomic mass is 11.4. The van der Waals surface area contributed by atoms with Gasteiger partial charge in [-0.05, 0) is 0 Å². The Hall–Kier alpha value is -0.0200. The minimum Gasteiger partial charge on any atom is -0.357 e. The summed E-state index contributed by atoms with van der Waals surface area (Å²) in [5, 5.41) is -0.934. The molecule has 0 rings (SSSR count). The molecule has 0 aliphatic carbocycles. The second-order valence-corrected chi connectivity index (χ2v) is 4.46. The van der Waals surface area contributed by atoms with E-state index in [1.807, 2.05) is 0 Å². The van der Waals surface area contributed by atoms with Crippen LogP contribution in [-0.4, -0.2) is 36.2 Å². The topological polar surface area (TPSA) is 89.9 Å². The number of methoxy groups -OCH3 is 1. The van der Waals surface area contributed by atoms with Gasteiger partial charge in [-0.3, -0.25) is 0 Å². The summed E-state index contributed by atoms with van der Waals surface area (Å²) in [5.74, 6) is 0. The van der Waals surface area contributed by atoms with Crippen molar-refractivity contribution in [1.29, 1.82) is 0 Å². The molecule has 8 heteroatoms. The van der Waals surface area contributed by atoms with E-state index in [4.69, 9.17) is 4.55 Å². The van der Waals surface area contributed by atoms with Crippen LogP contribution in [0.3, 0.4) is 0 Å². The van der Waals surface area contributed by atoms with Crippen LogP contribution in [0.2, 0.25) is 0 Å². The van der Waals surface area contributed by atoms with E-state index in [9.17, 15) is 12.6 Å². The van der Waals surface area contributed by atoms with Crippen LogP contribution < -0.4 is 0 Å². The van der Waals surface area contributed by atoms with Crippen molar-refractivity contribution in [3.63, 3.8) is 0 Å². The Bertz CT molecular complexity index is 218. The van der Waals surface area contributed by atoms with E-state index in [1.54, 1.807) is 0 Å². The Morgan fingerprint density at radius 1 is 1.55 bits per heavy atom. The number of ether oxygens (including phenoxy) is 1. The lowest BCUT2D eigenvalue weighted by Gasteiger charge is -2.00. The molecule has 0 saturated carbocycles. The first kappa shape index (κ1) is 11.0. The van der Waals surface area contributed by atoms with E-state index in [0.717, 1.165) is 0 Å². The van der Waals surface area contributed by atoms with Crippen LogP contribution >= 0.6 is 0 Å². The molecule has 0 heterocycles. The van der Waals surface area contributed by atoms with E-state index in [2.05, 4.69) is 8.92 Å². The molecule has 6 nitrogen and oxygen atoms in total. The number of hydrogen-bond donors (Lipinski definition) is 1. The van der Waals surface area contributed by atoms with Crippen LogP contribution in [-0.2, 0) is 30.1 Å². The Morgan fingerprint density at radius 2 is 2.09 bits per heavy atom. The summed E-state index contributed by atoms with van der Waals surface area (Å²) >= 11 is -2.41. The molecule has 68 valence electrons. The van der Waals surface area contributed by atoms with Crippen LogP contribution in [0.5, 0.6) is 0 Å². The summed E-state index contributed by atoms with van der Waals surface area (Å²) in [4.78, 5) is 0. The molecule has 0 saturated heterocycles. The Labute approximate surface area is 66.9 Å². The fraction of sp³-hybridized carbons (Fsp3) is 1.00. The maximum atomic E-state index is 10.5. The zero-order valence-electron chi connectivity index (χ0n) is 5.72. The SMILES string of the molecule is COCOS(=O)(=O)CS(=O)O. The lowest BCUT2D eigenvalue weighted by molar-refractivity contribution is 0.0566. The summed E-state index contributed by atoms with van der Waals surface area (Å²) in [6.45, 7) is -0.445. The highest BCUT2D eigenvalue weighted by atomic mass is 32.3. The van der Waals surface area contributed by atoms with Crippen molar-refractivity contribution in [2.24, 2.45) is 0 Å². The summed E-state index contributed by atoms with van der Waals surface area (Å²) in [6.07, 6.45) is 0. The molecule has 0 aromatic rings. The van der Waals surface area contributed by atoms with Crippen LogP contribution in [0.25, 0.3) is 0 Å². The lowest BCUT2D eigenvalue weighted by Crippen LogP contribution is -2.15. The molecule has 0 aliphatic rings. The molecule has 11 heavy (non-hydrogen) atoms. The van der Waals surface area contributed by atoms with Gasteiger partial charge in [0.2, 0.25) is 0 Å². The average Bonchev–Trinajstić information content (AvgIpc) is 1.81. The molecular formula is C3H8O6S2. The highest BCUT2D eigenvalue weighted by Crippen LogP contribution is 1.94. The van der Waals surface area contributed by atoms with Crippen molar-refractivity contribution < 1.29 is 26.1 Å². The Morgan fingerprint density at radius 3 is 2.45 bits per heavy atom. The van der Waals surface area contributed by atoms with Crippen molar-refractivity contribution in [1.82, 2.24) is 0 Å². The first-order valence-corrected chi connectivity index (χ1v) is 5.27. The largest absolute Gasteiger partial charge is 0.357 e. The maximum Gasteiger partial charge on any atom is 0.283 e. The van der Waals surface area contributed by atoms with Crippen molar-refractivity contribution >= 4 is 21.2 Å². The summed E-state index contributed by atoms with van der Waals surface area (Å²) in [6, 6.07) is 0. The zero-order valence-corrected chi connectivity index (χ0v) is 7.35. The Kier molecular flexibility index (Phi) is 4.77. The van der Waals surface area contributed by atoms with Crippen LogP contribution in [0.4, 0.5) is 0 Å². The van der Waals surface area contributed by atoms with E-state index in [0.29, 0.717) is 0 Å². The monoisotopic (exact) mass is 204 g/mol. The summed E-state index contributed by atoms with van der Waals surface area (Å²) in [5.41, 5.74) is 0. The van der Waals surface area contributed by atoms with Gasteiger partial charge in [-0.25, -0.2) is 8.39 Å². The molecular weight excluding hydrogens is 196 g/mol. The second-order valence-electron chi connectivity index (χ2n) is 1.52. The van der Waals surface area contributed by atoms with Crippen molar-refractivity contribution in [2.75, 3.05) is 19.0 Å². The molecule has 1 atom stereocenters. The molecule has 0 bridgehead atoms. The fourth-order valence-corrected chi connectivity index (χ4v) is 1.78. The van der Waals surface area contributed by atoms with E-state index < -0.39 is 33.1 Å². The van der Waals surface area contributed by atoms with Gasteiger partial charge >= 0.3 is 0 Å². The van der Waals surface area contributed by atoms with Crippen molar-refractivity contribution in [3.05, 3.63) is 0 Å². The Balaban J connectivity index is 3.92. The zero-order chi connectivity index (χ0) is 8.91. The third-order valence-electron chi connectivity index (χ3n) is 0.591. The predicted octanol–water partition coefficient (Wildman–Crippen LogP) is -0.884. The van der Waals surface area contributed by atoms with Crippen LogP contribution in [0, 0.1) is 0 Å². The molecule has 0 spiro atoms. The molecule has 0 radical (unpaired) electrons. The summed E-state index contributed by atoms with van der Waals surface area (Å²) in [7, 11) is -2.68. The van der Waals surface area contributed by atoms with Gasteiger partial charge in [-0.15, -0.1) is 0 Å². The molecule has 0 aliphatic heterocycles. The van der Waals surface area contributed by atoms with E-state index in [-0.39, 0.29) is 0 Å². The van der Waals surface area contributed by atoms with Gasteiger partial charge in [-0.1, -0.05) is 0 Å². The minimum atomic E-state index is -3.92. The van der Waals surface area contributed by atoms with Crippen LogP contribution in [0.1, 0.15) is 0 Å². The number of rotatable bonds is 5. The normalized spacial score (nSPS) is 14.7. The van der Waals surface area contributed by atoms with Gasteiger partial charge in [0.1, 0.15) is 0 Å². The highest BCUT2D eigenvalue weighted by molar-refractivity contribution is 8.00. The van der Waals surface area contributed by atoms with E-state index in [1.165, 1.54) is 7.11 Å². The van der Waals surface area contributed by atoms with Gasteiger partial charge in [0.05, 0.1) is 0 Å². The van der Waals surface area contributed by atoms with Crippen molar-refractivity contribution in [3.8, 4) is 0 Å². The van der Waals surface area contributed by atoms with Gasteiger partial charge in [-0.2, -0.15) is 8.42 Å². The van der Waals surface area contributed by atoms with E-state index >= 15 is 0 Å². The molecule has 1 unspecified atom stereocenters. The smallest absolute Gasteiger partial charge is 0.283 e. The first-order chi connectivity index (χ1) is 4.98. The first-order valence-electron chi connectivity index (χ1n) is 2.41. The second kappa shape index (κ2) is 4.78. The minimum absolute atomic E-state index is 0.445. The van der Waals surface area contributed by atoms with Crippen molar-refractivity contribution in [2.45, 2.75) is 0 Å². The molecule has 0 aromatic carbocycles. The van der Waals surface area contributed by atoms with Gasteiger partial charge in [0, 0.05) is 7.11 Å². The third-order valence-corrected chi connectivity index (χ3v) is 3.01. The number of hydrogen-bond acceptors (Lipinski definition) is 5. The maximum absolute atomic E-state index is 10.5. The third kappa shape index (κ3) is 6.38. The molecule has 0 amide bonds. The summed E-state index contributed by atoms with van der Waals surface area (Å²) < 4.78 is 47.6. The van der Waals surface area contributed by atoms with Crippen LogP contribution in [0.15, 0.2) is 0 Å². The molecule has 1 N–H and O–H groups in total. The average molecular weight is 204 g/mol. The highest BCUT2D eigenvalue weighted by Gasteiger charge is 2.14. The molecule has 0 fully saturated rings. The predicted molar refractivity (Wildman–Crippen MR) is 37.5 cm³/mol. The standard InChI is InChI=1S/C3H8O6S2/c1-8-2-9-11(6,7)3-10(4)5/h2-3H2,1H3,(H,4,5). The van der Waals surface area contributed by atoms with Gasteiger partial charge in [0.15, 0.2) is 23.0 Å². The van der Waals surface area contributed by atoms with Gasteiger partial charge < -0.3 is 9.29 Å². The quantitative estimate of drug-likeness (QED) is 0.355. The fourth-order valence-electron chi connectivity index (χ4n) is 0.279. The molecule has 0 aromatic heterocycles. The van der Waals surface area contributed by atoms with Gasteiger partial charge in [0.25, 0.3) is 10.1 Å².